The number of amides is 2. The van der Waals surface area contributed by atoms with Crippen LogP contribution in [0.15, 0.2) is 138 Å². The molecule has 8 heteroatoms. The van der Waals surface area contributed by atoms with Gasteiger partial charge in [-0.2, -0.15) is 0 Å². The molecule has 1 saturated heterocycles. The molecule has 1 fully saturated rings. The minimum atomic E-state index is -0.756. The number of carbonyl (C=O) groups is 4. The van der Waals surface area contributed by atoms with Crippen LogP contribution in [0.2, 0.25) is 0 Å². The number of hydrogen-bond acceptors (Lipinski definition) is 7. The van der Waals surface area contributed by atoms with Crippen molar-refractivity contribution in [2.45, 2.75) is 32.3 Å². The van der Waals surface area contributed by atoms with Gasteiger partial charge in [0.05, 0.1) is 17.5 Å². The Bertz CT molecular complexity index is 2150. The third-order valence-corrected chi connectivity index (χ3v) is 10.3. The molecule has 0 radical (unpaired) electrons. The molecule has 4 aliphatic rings. The number of allylic oxidation sites excluding steroid dienone is 6. The van der Waals surface area contributed by atoms with Gasteiger partial charge in [-0.15, -0.1) is 0 Å². The number of fused-ring (bicyclic) bond motifs is 3. The van der Waals surface area contributed by atoms with Crippen molar-refractivity contribution in [3.63, 3.8) is 0 Å². The predicted molar refractivity (Wildman–Crippen MR) is 189 cm³/mol. The number of para-hydroxylation sites is 1. The number of phenolic OH excluding ortho intramolecular Hbond substituents is 1. The average molecular weight is 663 g/mol. The SMILES string of the molecule is CC1=CC(=O)C2=C(C1=O)C(c1ccc(OCc3ccccc3)cc1O)C1=CCC3C(=O)N(c4ccc(Nc5ccccc5)cc4)C(=O)C3C1C2. The van der Waals surface area contributed by atoms with Gasteiger partial charge in [0.15, 0.2) is 11.6 Å². The molecule has 4 unspecified atom stereocenters. The maximum atomic E-state index is 14.3. The van der Waals surface area contributed by atoms with Crippen molar-refractivity contribution in [3.8, 4) is 11.5 Å². The number of phenols is 1. The summed E-state index contributed by atoms with van der Waals surface area (Å²) in [4.78, 5) is 56.8. The first-order valence-electron chi connectivity index (χ1n) is 16.8. The molecule has 2 N–H and O–H groups in total. The lowest BCUT2D eigenvalue weighted by Crippen LogP contribution is -2.39. The van der Waals surface area contributed by atoms with E-state index < -0.39 is 23.7 Å². The zero-order valence-electron chi connectivity index (χ0n) is 27.3. The first-order valence-corrected chi connectivity index (χ1v) is 16.8. The summed E-state index contributed by atoms with van der Waals surface area (Å²) in [7, 11) is 0. The summed E-state index contributed by atoms with van der Waals surface area (Å²) in [5, 5.41) is 14.8. The number of carbonyl (C=O) groups excluding carboxylic acids is 4. The van der Waals surface area contributed by atoms with E-state index in [9.17, 15) is 24.3 Å². The number of aromatic hydroxyl groups is 1. The quantitative estimate of drug-likeness (QED) is 0.121. The maximum Gasteiger partial charge on any atom is 0.238 e. The highest BCUT2D eigenvalue weighted by molar-refractivity contribution is 6.25. The number of benzene rings is 4. The Morgan fingerprint density at radius 2 is 1.52 bits per heavy atom. The molecule has 50 heavy (non-hydrogen) atoms. The van der Waals surface area contributed by atoms with Gasteiger partial charge in [-0.05, 0) is 79.8 Å². The Labute approximate surface area is 289 Å². The van der Waals surface area contributed by atoms with Crippen molar-refractivity contribution < 1.29 is 29.0 Å². The Morgan fingerprint density at radius 3 is 2.24 bits per heavy atom. The van der Waals surface area contributed by atoms with Crippen LogP contribution in [0, 0.1) is 17.8 Å². The second-order valence-electron chi connectivity index (χ2n) is 13.3. The standard InChI is InChI=1S/C42H34N2O6/c1-24-20-35(45)34-22-33-30(37(39(34)40(24)47)31-17-16-29(21-36(31)46)50-23-25-8-4-2-5-9-25)18-19-32-38(33)42(49)44(41(32)48)28-14-12-27(13-15-28)43-26-10-6-3-7-11-26/h2-18,20-21,32-33,37-38,43,46H,19,22-23H2,1H3. The fourth-order valence-corrected chi connectivity index (χ4v) is 7.95. The first kappa shape index (κ1) is 31.3. The summed E-state index contributed by atoms with van der Waals surface area (Å²) in [6.45, 7) is 1.93. The van der Waals surface area contributed by atoms with Gasteiger partial charge < -0.3 is 15.2 Å². The number of nitrogens with zero attached hydrogens (tertiary/aromatic N) is 1. The summed E-state index contributed by atoms with van der Waals surface area (Å²) < 4.78 is 5.95. The molecule has 8 nitrogen and oxygen atoms in total. The van der Waals surface area contributed by atoms with Gasteiger partial charge in [0.2, 0.25) is 11.8 Å². The van der Waals surface area contributed by atoms with Gasteiger partial charge >= 0.3 is 0 Å². The zero-order chi connectivity index (χ0) is 34.5. The van der Waals surface area contributed by atoms with Crippen LogP contribution in [0.25, 0.3) is 0 Å². The number of anilines is 3. The molecule has 4 aromatic carbocycles. The van der Waals surface area contributed by atoms with Gasteiger partial charge in [-0.25, -0.2) is 0 Å². The molecular weight excluding hydrogens is 628 g/mol. The lowest BCUT2D eigenvalue weighted by molar-refractivity contribution is -0.123. The monoisotopic (exact) mass is 662 g/mol. The van der Waals surface area contributed by atoms with Crippen LogP contribution in [0.1, 0.15) is 36.8 Å². The van der Waals surface area contributed by atoms with Crippen molar-refractivity contribution in [2.75, 3.05) is 10.2 Å². The lowest BCUT2D eigenvalue weighted by Gasteiger charge is -2.42. The summed E-state index contributed by atoms with van der Waals surface area (Å²) in [5.41, 5.74) is 5.41. The van der Waals surface area contributed by atoms with Crippen LogP contribution < -0.4 is 15.0 Å². The van der Waals surface area contributed by atoms with E-state index >= 15 is 0 Å². The Hall–Kier alpha value is -6.02. The smallest absolute Gasteiger partial charge is 0.238 e. The van der Waals surface area contributed by atoms with Gasteiger partial charge in [-0.3, -0.25) is 24.1 Å². The van der Waals surface area contributed by atoms with E-state index in [1.807, 2.05) is 78.9 Å². The molecule has 0 bridgehead atoms. The molecule has 1 aliphatic heterocycles. The maximum absolute atomic E-state index is 14.3. The minimum Gasteiger partial charge on any atom is -0.507 e. The van der Waals surface area contributed by atoms with Crippen LogP contribution in [0.4, 0.5) is 17.1 Å². The molecule has 248 valence electrons. The Kier molecular flexibility index (Phi) is 7.79. The van der Waals surface area contributed by atoms with Gasteiger partial charge in [0.1, 0.15) is 18.1 Å². The highest BCUT2D eigenvalue weighted by atomic mass is 16.5. The molecule has 4 atom stereocenters. The van der Waals surface area contributed by atoms with Crippen LogP contribution in [-0.2, 0) is 25.8 Å². The topological polar surface area (TPSA) is 113 Å². The number of rotatable bonds is 7. The number of imide groups is 1. The Morgan fingerprint density at radius 1 is 0.820 bits per heavy atom. The summed E-state index contributed by atoms with van der Waals surface area (Å²) >= 11 is 0. The second kappa shape index (κ2) is 12.5. The van der Waals surface area contributed by atoms with E-state index in [1.54, 1.807) is 31.2 Å². The fraction of sp³-hybridized carbons (Fsp3) is 0.190. The number of ether oxygens (including phenoxy) is 1. The van der Waals surface area contributed by atoms with Gasteiger partial charge in [0, 0.05) is 45.6 Å². The number of hydrogen-bond donors (Lipinski definition) is 2. The van der Waals surface area contributed by atoms with E-state index in [0.717, 1.165) is 22.5 Å². The van der Waals surface area contributed by atoms with Crippen molar-refractivity contribution >= 4 is 40.4 Å². The van der Waals surface area contributed by atoms with Crippen LogP contribution >= 0.6 is 0 Å². The molecule has 3 aliphatic carbocycles. The van der Waals surface area contributed by atoms with Crippen molar-refractivity contribution in [1.29, 1.82) is 0 Å². The second-order valence-corrected chi connectivity index (χ2v) is 13.3. The minimum absolute atomic E-state index is 0.0804. The van der Waals surface area contributed by atoms with E-state index in [-0.39, 0.29) is 35.6 Å². The van der Waals surface area contributed by atoms with Gasteiger partial charge in [-0.1, -0.05) is 66.2 Å². The third kappa shape index (κ3) is 5.33. The molecule has 2 amide bonds. The Balaban J connectivity index is 1.12. The van der Waals surface area contributed by atoms with Gasteiger partial charge in [0.25, 0.3) is 0 Å². The fourth-order valence-electron chi connectivity index (χ4n) is 7.95. The van der Waals surface area contributed by atoms with Crippen molar-refractivity contribution in [2.24, 2.45) is 17.8 Å². The average Bonchev–Trinajstić information content (AvgIpc) is 3.39. The highest BCUT2D eigenvalue weighted by Gasteiger charge is 2.56. The number of nitrogens with one attached hydrogen (secondary N) is 1. The highest BCUT2D eigenvalue weighted by Crippen LogP contribution is 2.56. The van der Waals surface area contributed by atoms with Crippen molar-refractivity contribution in [3.05, 3.63) is 149 Å². The number of Topliss-reactive ketones (excluding diaryl/α,β-unsaturated/α-hetero) is 1. The van der Waals surface area contributed by atoms with Crippen LogP contribution in [0.3, 0.4) is 0 Å². The number of ketones is 2. The molecular formula is C42H34N2O6. The van der Waals surface area contributed by atoms with E-state index in [0.29, 0.717) is 46.7 Å². The molecule has 1 heterocycles. The summed E-state index contributed by atoms with van der Waals surface area (Å²) in [6, 6.07) is 31.5. The third-order valence-electron chi connectivity index (χ3n) is 10.3. The largest absolute Gasteiger partial charge is 0.507 e. The predicted octanol–water partition coefficient (Wildman–Crippen LogP) is 7.35. The van der Waals surface area contributed by atoms with Crippen LogP contribution in [-0.4, -0.2) is 28.5 Å². The molecule has 0 aromatic heterocycles. The van der Waals surface area contributed by atoms with E-state index in [4.69, 9.17) is 4.74 Å². The molecule has 0 saturated carbocycles. The van der Waals surface area contributed by atoms with Crippen LogP contribution in [0.5, 0.6) is 11.5 Å². The van der Waals surface area contributed by atoms with E-state index in [1.165, 1.54) is 17.0 Å². The molecule has 8 rings (SSSR count). The summed E-state index contributed by atoms with van der Waals surface area (Å²) in [5.74, 6) is -3.34. The molecule has 0 spiro atoms. The normalized spacial score (nSPS) is 22.8. The van der Waals surface area contributed by atoms with Crippen molar-refractivity contribution in [1.82, 2.24) is 0 Å². The molecule has 4 aromatic rings. The summed E-state index contributed by atoms with van der Waals surface area (Å²) in [6.07, 6.45) is 3.78. The first-order chi connectivity index (χ1) is 24.3. The zero-order valence-corrected chi connectivity index (χ0v) is 27.3. The van der Waals surface area contributed by atoms with E-state index in [2.05, 4.69) is 5.32 Å². The lowest BCUT2D eigenvalue weighted by atomic mass is 9.59.